The molecule has 0 aliphatic carbocycles. The number of allylic oxidation sites excluding steroid dienone is 1. The van der Waals surface area contributed by atoms with Gasteiger partial charge in [0.25, 0.3) is 0 Å². The van der Waals surface area contributed by atoms with Gasteiger partial charge >= 0.3 is 39.2 Å². The molecule has 0 aromatic heterocycles. The first-order valence-electron chi connectivity index (χ1n) is 1.51. The monoisotopic (exact) mass is 149 g/mol. The zero-order chi connectivity index (χ0) is 4.41. The van der Waals surface area contributed by atoms with Gasteiger partial charge in [0.1, 0.15) is 0 Å². The number of hydrogen-bond acceptors (Lipinski definition) is 1. The summed E-state index contributed by atoms with van der Waals surface area (Å²) < 4.78 is 13.7. The van der Waals surface area contributed by atoms with Crippen molar-refractivity contribution in [2.45, 2.75) is 0 Å². The van der Waals surface area contributed by atoms with Crippen LogP contribution in [0, 0.1) is 0 Å². The molecular weight excluding hydrogens is 145 g/mol. The normalized spacial score (nSPS) is 29.0. The van der Waals surface area contributed by atoms with Crippen LogP contribution in [0.1, 0.15) is 0 Å². The molecular formula is C3H3NOSe. The Hall–Kier alpha value is -0.271. The molecule has 1 heterocycles. The minimum atomic E-state index is -1.80. The zero-order valence-corrected chi connectivity index (χ0v) is 4.71. The van der Waals surface area contributed by atoms with Gasteiger partial charge in [0.15, 0.2) is 0 Å². The summed E-state index contributed by atoms with van der Waals surface area (Å²) >= 11 is -1.80. The maximum atomic E-state index is 10.2. The Labute approximate surface area is 39.9 Å². The molecule has 1 rings (SSSR count). The van der Waals surface area contributed by atoms with Crippen molar-refractivity contribution in [3.05, 3.63) is 11.1 Å². The van der Waals surface area contributed by atoms with Gasteiger partial charge in [0, 0.05) is 0 Å². The van der Waals surface area contributed by atoms with Gasteiger partial charge in [0.05, 0.1) is 0 Å². The van der Waals surface area contributed by atoms with Crippen LogP contribution in [0.5, 0.6) is 0 Å². The van der Waals surface area contributed by atoms with Crippen LogP contribution < -0.4 is 0 Å². The van der Waals surface area contributed by atoms with Gasteiger partial charge in [-0.05, 0) is 0 Å². The van der Waals surface area contributed by atoms with Gasteiger partial charge in [-0.25, -0.2) is 0 Å². The number of nitrogens with zero attached hydrogens (tertiary/aromatic N) is 1. The van der Waals surface area contributed by atoms with E-state index in [2.05, 4.69) is 4.01 Å². The third-order valence-corrected chi connectivity index (χ3v) is 1.96. The fourth-order valence-electron chi connectivity index (χ4n) is 0.233. The molecule has 1 unspecified atom stereocenters. The second kappa shape index (κ2) is 1.45. The average Bonchev–Trinajstić information content (AvgIpc) is 1.86. The average molecular weight is 148 g/mol. The molecule has 0 aromatic rings. The van der Waals surface area contributed by atoms with Crippen LogP contribution in [0.2, 0.25) is 0 Å². The van der Waals surface area contributed by atoms with Crippen molar-refractivity contribution in [3.8, 4) is 0 Å². The molecule has 1 aliphatic rings. The van der Waals surface area contributed by atoms with Crippen molar-refractivity contribution in [3.63, 3.8) is 0 Å². The van der Waals surface area contributed by atoms with E-state index in [4.69, 9.17) is 0 Å². The molecule has 6 heavy (non-hydrogen) atoms. The topological polar surface area (TPSA) is 29.4 Å². The Morgan fingerprint density at radius 3 is 2.67 bits per heavy atom. The molecule has 0 fully saturated rings. The van der Waals surface area contributed by atoms with E-state index in [1.165, 1.54) is 0 Å². The van der Waals surface area contributed by atoms with Crippen LogP contribution in [-0.2, 0) is 3.83 Å². The summed E-state index contributed by atoms with van der Waals surface area (Å²) in [5.41, 5.74) is 0. The summed E-state index contributed by atoms with van der Waals surface area (Å²) in [5.74, 6) is 0. The molecule has 0 spiro atoms. The molecule has 0 radical (unpaired) electrons. The fraction of sp³-hybridized carbons (Fsp3) is 0. The molecule has 1 aliphatic heterocycles. The van der Waals surface area contributed by atoms with Crippen LogP contribution >= 0.6 is 0 Å². The summed E-state index contributed by atoms with van der Waals surface area (Å²) in [6.07, 6.45) is 3.27. The van der Waals surface area contributed by atoms with Crippen molar-refractivity contribution in [1.29, 1.82) is 0 Å². The summed E-state index contributed by atoms with van der Waals surface area (Å²) in [7, 11) is 0. The predicted molar refractivity (Wildman–Crippen MR) is 24.1 cm³/mol. The van der Waals surface area contributed by atoms with E-state index < -0.39 is 14.1 Å². The number of rotatable bonds is 0. The Kier molecular flexibility index (Phi) is 0.945. The van der Waals surface area contributed by atoms with E-state index in [-0.39, 0.29) is 0 Å². The maximum absolute atomic E-state index is 10.2. The van der Waals surface area contributed by atoms with E-state index in [1.807, 2.05) is 0 Å². The Balaban J connectivity index is 2.86. The second-order valence-electron chi connectivity index (χ2n) is 0.859. The molecule has 3 heteroatoms. The Bertz CT molecular complexity index is 113. The van der Waals surface area contributed by atoms with E-state index in [1.54, 1.807) is 17.3 Å². The molecule has 2 nitrogen and oxygen atoms in total. The Morgan fingerprint density at radius 1 is 1.67 bits per heavy atom. The summed E-state index contributed by atoms with van der Waals surface area (Å²) in [5, 5.41) is 0. The summed E-state index contributed by atoms with van der Waals surface area (Å²) in [6.45, 7) is 0. The van der Waals surface area contributed by atoms with Crippen LogP contribution in [0.15, 0.2) is 15.1 Å². The van der Waals surface area contributed by atoms with E-state index in [0.717, 1.165) is 0 Å². The zero-order valence-electron chi connectivity index (χ0n) is 3.00. The van der Waals surface area contributed by atoms with E-state index in [0.29, 0.717) is 0 Å². The van der Waals surface area contributed by atoms with Gasteiger partial charge in [0.2, 0.25) is 0 Å². The van der Waals surface area contributed by atoms with Gasteiger partial charge in [-0.1, -0.05) is 0 Å². The van der Waals surface area contributed by atoms with Crippen LogP contribution in [0.3, 0.4) is 0 Å². The third-order valence-electron chi connectivity index (χ3n) is 0.446. The molecule has 32 valence electrons. The van der Waals surface area contributed by atoms with E-state index >= 15 is 0 Å². The standard InChI is InChI=1S/C3H3NOSe/c5-6-3-1-2-4-6/h1-3H. The van der Waals surface area contributed by atoms with Crippen molar-refractivity contribution >= 4 is 20.3 Å². The van der Waals surface area contributed by atoms with Crippen molar-refractivity contribution in [1.82, 2.24) is 0 Å². The first-order valence-corrected chi connectivity index (χ1v) is 3.96. The second-order valence-corrected chi connectivity index (χ2v) is 3.03. The number of hydrogen-bond donors (Lipinski definition) is 0. The molecule has 0 saturated heterocycles. The van der Waals surface area contributed by atoms with Crippen LogP contribution in [0.25, 0.3) is 0 Å². The first kappa shape index (κ1) is 3.90. The first-order chi connectivity index (χ1) is 2.89. The van der Waals surface area contributed by atoms with Crippen LogP contribution in [-0.4, -0.2) is 20.3 Å². The predicted octanol–water partition coefficient (Wildman–Crippen LogP) is 0.0849. The quantitative estimate of drug-likeness (QED) is 0.447. The molecule has 0 saturated carbocycles. The van der Waals surface area contributed by atoms with Crippen molar-refractivity contribution in [2.75, 3.05) is 0 Å². The molecule has 0 aromatic carbocycles. The molecule has 0 amide bonds. The summed E-state index contributed by atoms with van der Waals surface area (Å²) in [4.78, 5) is 1.62. The Morgan fingerprint density at radius 2 is 2.50 bits per heavy atom. The van der Waals surface area contributed by atoms with Gasteiger partial charge in [-0.3, -0.25) is 0 Å². The van der Waals surface area contributed by atoms with Gasteiger partial charge < -0.3 is 0 Å². The van der Waals surface area contributed by atoms with Crippen molar-refractivity contribution < 1.29 is 3.83 Å². The van der Waals surface area contributed by atoms with E-state index in [9.17, 15) is 3.83 Å². The molecule has 1 atom stereocenters. The van der Waals surface area contributed by atoms with Gasteiger partial charge in [-0.2, -0.15) is 0 Å². The molecule has 0 bridgehead atoms. The SMILES string of the molecule is O=[Se]1C=CC=N1. The third kappa shape index (κ3) is 0.614. The van der Waals surface area contributed by atoms with Gasteiger partial charge in [-0.15, -0.1) is 0 Å². The molecule has 0 N–H and O–H groups in total. The minimum absolute atomic E-state index is 1.57. The van der Waals surface area contributed by atoms with Crippen molar-refractivity contribution in [2.24, 2.45) is 4.01 Å². The van der Waals surface area contributed by atoms with Crippen LogP contribution in [0.4, 0.5) is 0 Å². The fourth-order valence-corrected chi connectivity index (χ4v) is 1.21. The summed E-state index contributed by atoms with van der Waals surface area (Å²) in [6, 6.07) is 0.